The number of phenols is 2. The summed E-state index contributed by atoms with van der Waals surface area (Å²) in [6.07, 6.45) is 0. The van der Waals surface area contributed by atoms with Crippen LogP contribution in [0.2, 0.25) is 0 Å². The molecule has 0 saturated heterocycles. The maximum Gasteiger partial charge on any atom is 0.211 e. The lowest BCUT2D eigenvalue weighted by Crippen LogP contribution is -2.13. The van der Waals surface area contributed by atoms with Crippen molar-refractivity contribution in [2.24, 2.45) is 0 Å². The molecule has 0 saturated carbocycles. The first-order chi connectivity index (χ1) is 13.1. The van der Waals surface area contributed by atoms with Gasteiger partial charge in [-0.05, 0) is 49.2 Å². The molecule has 3 rings (SSSR count). The Labute approximate surface area is 163 Å². The number of sulfone groups is 2. The summed E-state index contributed by atoms with van der Waals surface area (Å²) in [5.74, 6) is -1.40. The van der Waals surface area contributed by atoms with E-state index in [1.165, 1.54) is 62.4 Å². The van der Waals surface area contributed by atoms with Crippen LogP contribution in [0, 0.1) is 13.8 Å². The number of aromatic hydroxyl groups is 2. The second-order valence-electron chi connectivity index (χ2n) is 6.24. The third kappa shape index (κ3) is 3.04. The Bertz CT molecular complexity index is 1150. The number of phenolic OH excluding ortho intramolecular Hbond substituents is 2. The highest BCUT2D eigenvalue weighted by Gasteiger charge is 2.37. The predicted octanol–water partition coefficient (Wildman–Crippen LogP) is 3.38. The minimum absolute atomic E-state index is 0.0824. The van der Waals surface area contributed by atoms with Crippen LogP contribution < -0.4 is 0 Å². The van der Waals surface area contributed by atoms with E-state index in [0.29, 0.717) is 0 Å². The topological polar surface area (TPSA) is 109 Å². The van der Waals surface area contributed by atoms with Crippen molar-refractivity contribution < 1.29 is 27.0 Å². The third-order valence-corrected chi connectivity index (χ3v) is 8.34. The van der Waals surface area contributed by atoms with Crippen LogP contribution >= 0.6 is 0 Å². The monoisotopic (exact) mass is 418 g/mol. The van der Waals surface area contributed by atoms with Gasteiger partial charge < -0.3 is 10.2 Å². The van der Waals surface area contributed by atoms with Gasteiger partial charge >= 0.3 is 0 Å². The fraction of sp³-hybridized carbons (Fsp3) is 0.100. The number of hydrogen-bond acceptors (Lipinski definition) is 6. The summed E-state index contributed by atoms with van der Waals surface area (Å²) < 4.78 is 52.9. The van der Waals surface area contributed by atoms with Crippen LogP contribution in [-0.4, -0.2) is 27.0 Å². The second kappa shape index (κ2) is 6.96. The molecule has 8 heteroatoms. The van der Waals surface area contributed by atoms with Crippen molar-refractivity contribution in [3.8, 4) is 11.5 Å². The largest absolute Gasteiger partial charge is 0.506 e. The highest BCUT2D eigenvalue weighted by atomic mass is 32.2. The van der Waals surface area contributed by atoms with E-state index >= 15 is 0 Å². The Hall–Kier alpha value is -2.84. The number of hydrogen-bond donors (Lipinski definition) is 2. The molecule has 0 aliphatic rings. The molecule has 3 aromatic rings. The zero-order valence-electron chi connectivity index (χ0n) is 15.1. The quantitative estimate of drug-likeness (QED) is 0.629. The molecule has 0 atom stereocenters. The average molecular weight is 418 g/mol. The molecule has 2 N–H and O–H groups in total. The predicted molar refractivity (Wildman–Crippen MR) is 103 cm³/mol. The molecule has 0 aliphatic carbocycles. The van der Waals surface area contributed by atoms with Crippen molar-refractivity contribution in [2.45, 2.75) is 33.4 Å². The number of benzene rings is 3. The summed E-state index contributed by atoms with van der Waals surface area (Å²) >= 11 is 0. The lowest BCUT2D eigenvalue weighted by molar-refractivity contribution is 0.421. The molecule has 0 amide bonds. The van der Waals surface area contributed by atoms with Crippen molar-refractivity contribution in [3.63, 3.8) is 0 Å². The Morgan fingerprint density at radius 3 is 1.14 bits per heavy atom. The summed E-state index contributed by atoms with van der Waals surface area (Å²) in [6, 6.07) is 14.3. The van der Waals surface area contributed by atoms with Gasteiger partial charge in [-0.2, -0.15) is 0 Å². The molecule has 0 heterocycles. The Kier molecular flexibility index (Phi) is 4.95. The summed E-state index contributed by atoms with van der Waals surface area (Å²) in [5.41, 5.74) is 0.165. The molecule has 6 nitrogen and oxygen atoms in total. The fourth-order valence-corrected chi connectivity index (χ4v) is 6.50. The van der Waals surface area contributed by atoms with Crippen molar-refractivity contribution in [1.29, 1.82) is 0 Å². The van der Waals surface area contributed by atoms with Crippen LogP contribution in [-0.2, 0) is 19.7 Å². The maximum absolute atomic E-state index is 13.2. The van der Waals surface area contributed by atoms with Gasteiger partial charge in [0.1, 0.15) is 21.3 Å². The van der Waals surface area contributed by atoms with Crippen LogP contribution in [0.5, 0.6) is 11.5 Å². The van der Waals surface area contributed by atoms with Crippen molar-refractivity contribution in [3.05, 3.63) is 71.8 Å². The van der Waals surface area contributed by atoms with Gasteiger partial charge in [-0.3, -0.25) is 0 Å². The third-order valence-electron chi connectivity index (χ3n) is 4.55. The molecule has 0 bridgehead atoms. The summed E-state index contributed by atoms with van der Waals surface area (Å²) in [5, 5.41) is 21.3. The normalized spacial score (nSPS) is 12.1. The van der Waals surface area contributed by atoms with Crippen molar-refractivity contribution in [1.82, 2.24) is 0 Å². The minimum Gasteiger partial charge on any atom is -0.506 e. The van der Waals surface area contributed by atoms with E-state index < -0.39 is 41.0 Å². The molecule has 0 fully saturated rings. The molecule has 0 aromatic heterocycles. The van der Waals surface area contributed by atoms with Crippen molar-refractivity contribution in [2.75, 3.05) is 0 Å². The van der Waals surface area contributed by atoms with Gasteiger partial charge in [0.05, 0.1) is 9.79 Å². The van der Waals surface area contributed by atoms with Crippen molar-refractivity contribution >= 4 is 19.7 Å². The molecule has 0 aliphatic heterocycles. The van der Waals surface area contributed by atoms with Crippen LogP contribution in [0.4, 0.5) is 0 Å². The van der Waals surface area contributed by atoms with Gasteiger partial charge in [-0.15, -0.1) is 0 Å². The van der Waals surface area contributed by atoms with E-state index in [1.807, 2.05) is 0 Å². The standard InChI is InChI=1S/C20H18O6S2/c1-13-14(2)18(22)20(28(25,26)16-11-7-4-8-12-16)19(17(13)21)27(23,24)15-9-5-3-6-10-15/h3-12,21-22H,1-2H3. The lowest BCUT2D eigenvalue weighted by Gasteiger charge is -2.18. The van der Waals surface area contributed by atoms with Gasteiger partial charge in [0.2, 0.25) is 19.7 Å². The first kappa shape index (κ1) is 19.9. The summed E-state index contributed by atoms with van der Waals surface area (Å²) in [4.78, 5) is -2.05. The first-order valence-corrected chi connectivity index (χ1v) is 11.2. The Morgan fingerprint density at radius 2 is 0.857 bits per heavy atom. The van der Waals surface area contributed by atoms with E-state index in [0.717, 1.165) is 0 Å². The number of rotatable bonds is 4. The van der Waals surface area contributed by atoms with E-state index in [4.69, 9.17) is 0 Å². The fourth-order valence-electron chi connectivity index (χ4n) is 2.84. The van der Waals surface area contributed by atoms with E-state index in [9.17, 15) is 27.0 Å². The summed E-state index contributed by atoms with van der Waals surface area (Å²) in [7, 11) is -8.88. The van der Waals surface area contributed by atoms with Gasteiger partial charge in [0, 0.05) is 0 Å². The maximum atomic E-state index is 13.2. The first-order valence-electron chi connectivity index (χ1n) is 8.25. The molecular weight excluding hydrogens is 400 g/mol. The van der Waals surface area contributed by atoms with Crippen LogP contribution in [0.15, 0.2) is 80.2 Å². The minimum atomic E-state index is -4.44. The van der Waals surface area contributed by atoms with Crippen LogP contribution in [0.1, 0.15) is 11.1 Å². The van der Waals surface area contributed by atoms with Crippen LogP contribution in [0.3, 0.4) is 0 Å². The summed E-state index contributed by atoms with van der Waals surface area (Å²) in [6.45, 7) is 2.82. The van der Waals surface area contributed by atoms with Gasteiger partial charge in [-0.25, -0.2) is 16.8 Å². The smallest absolute Gasteiger partial charge is 0.211 e. The molecular formula is C20H18O6S2. The van der Waals surface area contributed by atoms with Crippen LogP contribution in [0.25, 0.3) is 0 Å². The molecule has 0 unspecified atom stereocenters. The van der Waals surface area contributed by atoms with E-state index in [2.05, 4.69) is 0 Å². The molecule has 3 aromatic carbocycles. The second-order valence-corrected chi connectivity index (χ2v) is 10.0. The molecule has 146 valence electrons. The van der Waals surface area contributed by atoms with Gasteiger partial charge in [-0.1, -0.05) is 36.4 Å². The molecule has 28 heavy (non-hydrogen) atoms. The van der Waals surface area contributed by atoms with Gasteiger partial charge in [0.15, 0.2) is 0 Å². The van der Waals surface area contributed by atoms with E-state index in [-0.39, 0.29) is 20.9 Å². The average Bonchev–Trinajstić information content (AvgIpc) is 2.70. The Balaban J connectivity index is 2.49. The molecule has 0 spiro atoms. The highest BCUT2D eigenvalue weighted by Crippen LogP contribution is 2.45. The Morgan fingerprint density at radius 1 is 0.571 bits per heavy atom. The van der Waals surface area contributed by atoms with E-state index in [1.54, 1.807) is 12.1 Å². The SMILES string of the molecule is Cc1c(C)c(O)c(S(=O)(=O)c2ccccc2)c(S(=O)(=O)c2ccccc2)c1O. The van der Waals surface area contributed by atoms with Gasteiger partial charge in [0.25, 0.3) is 0 Å². The highest BCUT2D eigenvalue weighted by molar-refractivity contribution is 7.94. The molecule has 0 radical (unpaired) electrons. The zero-order valence-corrected chi connectivity index (χ0v) is 16.8. The zero-order chi connectivity index (χ0) is 20.7. The lowest BCUT2D eigenvalue weighted by atomic mass is 10.1.